The Morgan fingerprint density at radius 1 is 1.16 bits per heavy atom. The first-order chi connectivity index (χ1) is 11.9. The van der Waals surface area contributed by atoms with Gasteiger partial charge in [-0.1, -0.05) is 11.6 Å². The summed E-state index contributed by atoms with van der Waals surface area (Å²) in [4.78, 5) is 13.3. The fourth-order valence-electron chi connectivity index (χ4n) is 2.62. The van der Waals surface area contributed by atoms with Crippen molar-refractivity contribution in [1.82, 2.24) is 0 Å². The number of hydrogen-bond acceptors (Lipinski definition) is 3. The summed E-state index contributed by atoms with van der Waals surface area (Å²) in [7, 11) is 5.22. The van der Waals surface area contributed by atoms with Crippen molar-refractivity contribution in [2.75, 3.05) is 33.1 Å². The molecule has 0 aliphatic rings. The van der Waals surface area contributed by atoms with Gasteiger partial charge in [-0.2, -0.15) is 0 Å². The highest BCUT2D eigenvalue weighted by Gasteiger charge is 2.15. The number of benzene rings is 2. The molecule has 0 spiro atoms. The Bertz CT molecular complexity index is 749. The van der Waals surface area contributed by atoms with Crippen LogP contribution in [0.15, 0.2) is 36.4 Å². The number of halogens is 1. The monoisotopic (exact) mass is 363 g/mol. The summed E-state index contributed by atoms with van der Waals surface area (Å²) in [6, 6.07) is 11.1. The molecule has 1 atom stereocenters. The highest BCUT2D eigenvalue weighted by molar-refractivity contribution is 6.30. The van der Waals surface area contributed by atoms with Gasteiger partial charge in [-0.3, -0.25) is 4.79 Å². The van der Waals surface area contributed by atoms with Gasteiger partial charge < -0.3 is 19.7 Å². The molecule has 5 nitrogen and oxygen atoms in total. The average molecular weight is 364 g/mol. The van der Waals surface area contributed by atoms with Gasteiger partial charge in [-0.15, -0.1) is 0 Å². The van der Waals surface area contributed by atoms with Crippen molar-refractivity contribution in [3.63, 3.8) is 0 Å². The van der Waals surface area contributed by atoms with Crippen LogP contribution in [0.25, 0.3) is 0 Å². The smallest absolute Gasteiger partial charge is 0.279 e. The molecule has 0 heterocycles. The first kappa shape index (κ1) is 19.1. The van der Waals surface area contributed by atoms with E-state index in [9.17, 15) is 4.79 Å². The number of carbonyl (C=O) groups excluding carboxylic acids is 1. The van der Waals surface area contributed by atoms with E-state index in [4.69, 9.17) is 21.1 Å². The van der Waals surface area contributed by atoms with Crippen LogP contribution in [0.4, 0.5) is 5.69 Å². The third kappa shape index (κ3) is 5.37. The molecular weight excluding hydrogens is 340 g/mol. The standard InChI is InChI=1S/C19H23ClN2O3/c1-13-9-15(20)6-8-17(13)21-19(23)12-22(2)11-14-5-7-16(24-3)10-18(14)25-4/h5-10H,11-12H2,1-4H3,(H,21,23)/p+1. The summed E-state index contributed by atoms with van der Waals surface area (Å²) in [5, 5.41) is 3.59. The maximum Gasteiger partial charge on any atom is 0.279 e. The molecule has 134 valence electrons. The summed E-state index contributed by atoms with van der Waals surface area (Å²) < 4.78 is 10.6. The minimum atomic E-state index is -0.0459. The number of aryl methyl sites for hydroxylation is 1. The second-order valence-corrected chi connectivity index (χ2v) is 6.43. The zero-order chi connectivity index (χ0) is 18.4. The molecule has 2 aromatic carbocycles. The summed E-state index contributed by atoms with van der Waals surface area (Å²) in [5.41, 5.74) is 2.75. The molecular formula is C19H24ClN2O3+. The SMILES string of the molecule is COc1ccc(C[NH+](C)CC(=O)Nc2ccc(Cl)cc2C)c(OC)c1. The minimum absolute atomic E-state index is 0.0459. The number of likely N-dealkylation sites (N-methyl/N-ethyl adjacent to an activating group) is 1. The van der Waals surface area contributed by atoms with Crippen LogP contribution in [0.1, 0.15) is 11.1 Å². The van der Waals surface area contributed by atoms with E-state index in [0.29, 0.717) is 18.1 Å². The van der Waals surface area contributed by atoms with Crippen LogP contribution in [0.2, 0.25) is 5.02 Å². The maximum absolute atomic E-state index is 12.3. The molecule has 0 saturated heterocycles. The van der Waals surface area contributed by atoms with Gasteiger partial charge in [-0.05, 0) is 42.8 Å². The first-order valence-corrected chi connectivity index (χ1v) is 8.39. The topological polar surface area (TPSA) is 52.0 Å². The Kier molecular flexibility index (Phi) is 6.67. The first-order valence-electron chi connectivity index (χ1n) is 8.01. The Morgan fingerprint density at radius 3 is 2.56 bits per heavy atom. The van der Waals surface area contributed by atoms with Crippen molar-refractivity contribution in [2.24, 2.45) is 0 Å². The highest BCUT2D eigenvalue weighted by Crippen LogP contribution is 2.23. The van der Waals surface area contributed by atoms with Crippen molar-refractivity contribution < 1.29 is 19.2 Å². The second-order valence-electron chi connectivity index (χ2n) is 6.00. The number of nitrogens with one attached hydrogen (secondary N) is 2. The Hall–Kier alpha value is -2.24. The van der Waals surface area contributed by atoms with Gasteiger partial charge >= 0.3 is 0 Å². The van der Waals surface area contributed by atoms with E-state index in [1.54, 1.807) is 20.3 Å². The van der Waals surface area contributed by atoms with Crippen LogP contribution in [-0.2, 0) is 11.3 Å². The molecule has 1 unspecified atom stereocenters. The maximum atomic E-state index is 12.3. The van der Waals surface area contributed by atoms with E-state index in [2.05, 4.69) is 5.32 Å². The third-order valence-corrected chi connectivity index (χ3v) is 4.15. The largest absolute Gasteiger partial charge is 0.497 e. The van der Waals surface area contributed by atoms with Gasteiger partial charge in [0.25, 0.3) is 5.91 Å². The summed E-state index contributed by atoms with van der Waals surface area (Å²) in [6.45, 7) is 2.93. The van der Waals surface area contributed by atoms with Gasteiger partial charge in [0.15, 0.2) is 6.54 Å². The van der Waals surface area contributed by atoms with Crippen LogP contribution in [0, 0.1) is 6.92 Å². The van der Waals surface area contributed by atoms with Crippen molar-refractivity contribution in [2.45, 2.75) is 13.5 Å². The van der Waals surface area contributed by atoms with E-state index in [1.165, 1.54) is 0 Å². The lowest BCUT2D eigenvalue weighted by Gasteiger charge is -2.17. The zero-order valence-corrected chi connectivity index (χ0v) is 15.7. The number of ether oxygens (including phenoxy) is 2. The Morgan fingerprint density at radius 2 is 1.92 bits per heavy atom. The number of anilines is 1. The molecule has 0 aliphatic heterocycles. The van der Waals surface area contributed by atoms with Gasteiger partial charge in [0.05, 0.1) is 21.3 Å². The molecule has 0 saturated carbocycles. The average Bonchev–Trinajstić information content (AvgIpc) is 2.57. The Labute approximate surface area is 153 Å². The van der Waals surface area contributed by atoms with Crippen LogP contribution in [-0.4, -0.2) is 33.7 Å². The summed E-state index contributed by atoms with van der Waals surface area (Å²) >= 11 is 5.94. The van der Waals surface area contributed by atoms with E-state index in [1.807, 2.05) is 44.3 Å². The summed E-state index contributed by atoms with van der Waals surface area (Å²) in [6.07, 6.45) is 0. The van der Waals surface area contributed by atoms with Crippen LogP contribution < -0.4 is 19.7 Å². The molecule has 0 bridgehead atoms. The van der Waals surface area contributed by atoms with Gasteiger partial charge in [0, 0.05) is 22.3 Å². The normalized spacial score (nSPS) is 11.7. The van der Waals surface area contributed by atoms with Gasteiger partial charge in [0.2, 0.25) is 0 Å². The van der Waals surface area contributed by atoms with Crippen LogP contribution >= 0.6 is 11.6 Å². The van der Waals surface area contributed by atoms with E-state index in [0.717, 1.165) is 33.2 Å². The third-order valence-electron chi connectivity index (χ3n) is 3.91. The minimum Gasteiger partial charge on any atom is -0.497 e. The number of hydrogen-bond donors (Lipinski definition) is 2. The lowest BCUT2D eigenvalue weighted by atomic mass is 10.1. The number of methoxy groups -OCH3 is 2. The van der Waals surface area contributed by atoms with E-state index in [-0.39, 0.29) is 5.91 Å². The Balaban J connectivity index is 1.97. The van der Waals surface area contributed by atoms with E-state index >= 15 is 0 Å². The predicted octanol–water partition coefficient (Wildman–Crippen LogP) is 2.32. The van der Waals surface area contributed by atoms with Crippen molar-refractivity contribution in [3.8, 4) is 11.5 Å². The molecule has 0 fully saturated rings. The molecule has 2 N–H and O–H groups in total. The lowest BCUT2D eigenvalue weighted by Crippen LogP contribution is -3.08. The van der Waals surface area contributed by atoms with Crippen molar-refractivity contribution in [1.29, 1.82) is 0 Å². The molecule has 0 radical (unpaired) electrons. The van der Waals surface area contributed by atoms with E-state index < -0.39 is 0 Å². The lowest BCUT2D eigenvalue weighted by molar-refractivity contribution is -0.885. The molecule has 25 heavy (non-hydrogen) atoms. The molecule has 0 aromatic heterocycles. The number of quaternary nitrogens is 1. The second kappa shape index (κ2) is 8.74. The molecule has 6 heteroatoms. The number of amides is 1. The number of rotatable bonds is 7. The van der Waals surface area contributed by atoms with Crippen molar-refractivity contribution >= 4 is 23.2 Å². The molecule has 0 aliphatic carbocycles. The fourth-order valence-corrected chi connectivity index (χ4v) is 2.85. The zero-order valence-electron chi connectivity index (χ0n) is 15.0. The fraction of sp³-hybridized carbons (Fsp3) is 0.316. The molecule has 1 amide bonds. The molecule has 2 aromatic rings. The highest BCUT2D eigenvalue weighted by atomic mass is 35.5. The predicted molar refractivity (Wildman–Crippen MR) is 99.8 cm³/mol. The van der Waals surface area contributed by atoms with Gasteiger partial charge in [-0.25, -0.2) is 0 Å². The summed E-state index contributed by atoms with van der Waals surface area (Å²) in [5.74, 6) is 1.46. The van der Waals surface area contributed by atoms with Crippen LogP contribution in [0.5, 0.6) is 11.5 Å². The number of carbonyl (C=O) groups is 1. The van der Waals surface area contributed by atoms with Crippen molar-refractivity contribution in [3.05, 3.63) is 52.5 Å². The molecule has 2 rings (SSSR count). The quantitative estimate of drug-likeness (QED) is 0.793. The van der Waals surface area contributed by atoms with Gasteiger partial charge in [0.1, 0.15) is 18.0 Å². The van der Waals surface area contributed by atoms with Crippen LogP contribution in [0.3, 0.4) is 0 Å².